The molecule has 1 aromatic carbocycles. The zero-order valence-electron chi connectivity index (χ0n) is 11.0. The number of hydrogen-bond acceptors (Lipinski definition) is 3. The summed E-state index contributed by atoms with van der Waals surface area (Å²) in [5.74, 6) is 0.956. The second-order valence-corrected chi connectivity index (χ2v) is 4.98. The highest BCUT2D eigenvalue weighted by Crippen LogP contribution is 2.25. The number of benzene rings is 1. The molecule has 0 spiro atoms. The quantitative estimate of drug-likeness (QED) is 0.832. The number of piperidine rings is 1. The van der Waals surface area contributed by atoms with Crippen LogP contribution >= 0.6 is 0 Å². The van der Waals surface area contributed by atoms with Crippen LogP contribution in [-0.4, -0.2) is 30.5 Å². The summed E-state index contributed by atoms with van der Waals surface area (Å²) >= 11 is 0. The van der Waals surface area contributed by atoms with Crippen LogP contribution in [0.4, 0.5) is 0 Å². The van der Waals surface area contributed by atoms with Gasteiger partial charge < -0.3 is 15.0 Å². The Morgan fingerprint density at radius 1 is 1.37 bits per heavy atom. The first kappa shape index (κ1) is 12.2. The zero-order valence-corrected chi connectivity index (χ0v) is 11.0. The average Bonchev–Trinajstić information content (AvgIpc) is 2.90. The summed E-state index contributed by atoms with van der Waals surface area (Å²) < 4.78 is 5.23. The minimum Gasteiger partial charge on any atom is -0.497 e. The van der Waals surface area contributed by atoms with Gasteiger partial charge >= 0.3 is 0 Å². The van der Waals surface area contributed by atoms with Crippen LogP contribution in [0.2, 0.25) is 0 Å². The van der Waals surface area contributed by atoms with Crippen LogP contribution in [0.25, 0.3) is 10.9 Å². The molecule has 3 rings (SSSR count). The molecule has 2 heterocycles. The van der Waals surface area contributed by atoms with Crippen molar-refractivity contribution in [3.63, 3.8) is 0 Å². The van der Waals surface area contributed by atoms with E-state index in [0.29, 0.717) is 0 Å². The highest BCUT2D eigenvalue weighted by atomic mass is 16.5. The number of nitrogens with one attached hydrogen (secondary N) is 2. The van der Waals surface area contributed by atoms with Gasteiger partial charge in [0, 0.05) is 22.7 Å². The summed E-state index contributed by atoms with van der Waals surface area (Å²) in [4.78, 5) is 15.7. The van der Waals surface area contributed by atoms with Crippen LogP contribution in [0, 0.1) is 0 Å². The standard InChI is InChI=1S/C15H18N2O2/c1-19-10-5-6-13-11(8-10)12(9-17-13)15(18)14-4-2-3-7-16-14/h5-6,8-9,14,16-17H,2-4,7H2,1H3. The Labute approximate surface area is 112 Å². The fourth-order valence-electron chi connectivity index (χ4n) is 2.69. The molecule has 19 heavy (non-hydrogen) atoms. The van der Waals surface area contributed by atoms with E-state index >= 15 is 0 Å². The van der Waals surface area contributed by atoms with Gasteiger partial charge in [-0.1, -0.05) is 6.42 Å². The molecule has 0 saturated carbocycles. The molecule has 1 unspecified atom stereocenters. The maximum absolute atomic E-state index is 12.6. The van der Waals surface area contributed by atoms with E-state index in [9.17, 15) is 4.79 Å². The van der Waals surface area contributed by atoms with Crippen molar-refractivity contribution in [3.8, 4) is 5.75 Å². The van der Waals surface area contributed by atoms with Gasteiger partial charge in [-0.15, -0.1) is 0 Å². The van der Waals surface area contributed by atoms with Crippen molar-refractivity contribution >= 4 is 16.7 Å². The number of ketones is 1. The highest BCUT2D eigenvalue weighted by Gasteiger charge is 2.24. The van der Waals surface area contributed by atoms with Crippen molar-refractivity contribution in [1.82, 2.24) is 10.3 Å². The van der Waals surface area contributed by atoms with E-state index < -0.39 is 0 Å². The molecule has 1 saturated heterocycles. The lowest BCUT2D eigenvalue weighted by Gasteiger charge is -2.21. The zero-order chi connectivity index (χ0) is 13.2. The van der Waals surface area contributed by atoms with E-state index in [1.165, 1.54) is 0 Å². The number of ether oxygens (including phenoxy) is 1. The van der Waals surface area contributed by atoms with Gasteiger partial charge in [0.05, 0.1) is 13.2 Å². The number of carbonyl (C=O) groups excluding carboxylic acids is 1. The lowest BCUT2D eigenvalue weighted by atomic mass is 9.96. The molecular formula is C15H18N2O2. The van der Waals surface area contributed by atoms with Gasteiger partial charge in [-0.3, -0.25) is 4.79 Å². The van der Waals surface area contributed by atoms with E-state index in [2.05, 4.69) is 10.3 Å². The van der Waals surface area contributed by atoms with Crippen LogP contribution in [0.1, 0.15) is 29.6 Å². The molecule has 1 aromatic heterocycles. The Morgan fingerprint density at radius 2 is 2.26 bits per heavy atom. The number of aromatic amines is 1. The normalized spacial score (nSPS) is 19.5. The van der Waals surface area contributed by atoms with Gasteiger partial charge in [0.2, 0.25) is 0 Å². The van der Waals surface area contributed by atoms with Gasteiger partial charge in [-0.2, -0.15) is 0 Å². The highest BCUT2D eigenvalue weighted by molar-refractivity contribution is 6.10. The average molecular weight is 258 g/mol. The van der Waals surface area contributed by atoms with Gasteiger partial charge in [-0.05, 0) is 37.6 Å². The number of methoxy groups -OCH3 is 1. The molecule has 4 nitrogen and oxygen atoms in total. The van der Waals surface area contributed by atoms with Crippen molar-refractivity contribution in [2.45, 2.75) is 25.3 Å². The molecule has 0 radical (unpaired) electrons. The van der Waals surface area contributed by atoms with Crippen LogP contribution < -0.4 is 10.1 Å². The maximum atomic E-state index is 12.6. The van der Waals surface area contributed by atoms with Crippen LogP contribution in [0.15, 0.2) is 24.4 Å². The van der Waals surface area contributed by atoms with Crippen LogP contribution in [0.3, 0.4) is 0 Å². The number of rotatable bonds is 3. The van der Waals surface area contributed by atoms with Crippen molar-refractivity contribution in [3.05, 3.63) is 30.0 Å². The fraction of sp³-hybridized carbons (Fsp3) is 0.400. The van der Waals surface area contributed by atoms with Crippen LogP contribution in [-0.2, 0) is 0 Å². The minimum absolute atomic E-state index is 0.0426. The molecule has 1 atom stereocenters. The van der Waals surface area contributed by atoms with Gasteiger partial charge in [0.15, 0.2) is 5.78 Å². The molecule has 1 aliphatic heterocycles. The van der Waals surface area contributed by atoms with E-state index in [0.717, 1.165) is 48.0 Å². The Hall–Kier alpha value is -1.81. The third-order valence-electron chi connectivity index (χ3n) is 3.78. The minimum atomic E-state index is -0.0426. The number of carbonyl (C=O) groups is 1. The van der Waals surface area contributed by atoms with E-state index in [-0.39, 0.29) is 11.8 Å². The molecule has 100 valence electrons. The first-order valence-electron chi connectivity index (χ1n) is 6.72. The number of Topliss-reactive ketones (excluding diaryl/α,β-unsaturated/α-hetero) is 1. The Balaban J connectivity index is 1.97. The largest absolute Gasteiger partial charge is 0.497 e. The number of aromatic nitrogens is 1. The lowest BCUT2D eigenvalue weighted by molar-refractivity contribution is 0.0929. The Morgan fingerprint density at radius 3 is 3.00 bits per heavy atom. The van der Waals surface area contributed by atoms with Crippen molar-refractivity contribution in [2.24, 2.45) is 0 Å². The van der Waals surface area contributed by atoms with Crippen molar-refractivity contribution < 1.29 is 9.53 Å². The molecule has 4 heteroatoms. The van der Waals surface area contributed by atoms with Crippen LogP contribution in [0.5, 0.6) is 5.75 Å². The molecule has 1 fully saturated rings. The molecule has 0 aliphatic carbocycles. The van der Waals surface area contributed by atoms with Gasteiger partial charge in [0.25, 0.3) is 0 Å². The topological polar surface area (TPSA) is 54.1 Å². The second kappa shape index (κ2) is 5.05. The SMILES string of the molecule is COc1ccc2[nH]cc(C(=O)C3CCCCN3)c2c1. The number of hydrogen-bond donors (Lipinski definition) is 2. The van der Waals surface area contributed by atoms with Crippen molar-refractivity contribution in [1.29, 1.82) is 0 Å². The predicted octanol–water partition coefficient (Wildman–Crippen LogP) is 2.50. The van der Waals surface area contributed by atoms with E-state index in [1.807, 2.05) is 24.4 Å². The molecule has 0 amide bonds. The molecule has 0 bridgehead atoms. The molecule has 2 N–H and O–H groups in total. The first-order chi connectivity index (χ1) is 9.29. The van der Waals surface area contributed by atoms with Gasteiger partial charge in [0.1, 0.15) is 5.75 Å². The summed E-state index contributed by atoms with van der Waals surface area (Å²) in [6.07, 6.45) is 5.01. The fourth-order valence-corrected chi connectivity index (χ4v) is 2.69. The van der Waals surface area contributed by atoms with Gasteiger partial charge in [-0.25, -0.2) is 0 Å². The number of fused-ring (bicyclic) bond motifs is 1. The van der Waals surface area contributed by atoms with Crippen molar-refractivity contribution in [2.75, 3.05) is 13.7 Å². The lowest BCUT2D eigenvalue weighted by Crippen LogP contribution is -2.40. The second-order valence-electron chi connectivity index (χ2n) is 4.98. The summed E-state index contributed by atoms with van der Waals surface area (Å²) in [7, 11) is 1.64. The van der Waals surface area contributed by atoms with E-state index in [4.69, 9.17) is 4.74 Å². The predicted molar refractivity (Wildman–Crippen MR) is 74.8 cm³/mol. The molecular weight excluding hydrogens is 240 g/mol. The molecule has 1 aliphatic rings. The molecule has 2 aromatic rings. The summed E-state index contributed by atoms with van der Waals surface area (Å²) in [5, 5.41) is 4.25. The monoisotopic (exact) mass is 258 g/mol. The summed E-state index contributed by atoms with van der Waals surface area (Å²) in [6, 6.07) is 5.71. The smallest absolute Gasteiger partial charge is 0.181 e. The Kier molecular flexibility index (Phi) is 3.25. The summed E-state index contributed by atoms with van der Waals surface area (Å²) in [5.41, 5.74) is 1.73. The maximum Gasteiger partial charge on any atom is 0.181 e. The number of H-pyrrole nitrogens is 1. The Bertz CT molecular complexity index is 597. The van der Waals surface area contributed by atoms with E-state index in [1.54, 1.807) is 7.11 Å². The third kappa shape index (κ3) is 2.24. The third-order valence-corrected chi connectivity index (χ3v) is 3.78. The first-order valence-corrected chi connectivity index (χ1v) is 6.72. The summed E-state index contributed by atoms with van der Waals surface area (Å²) in [6.45, 7) is 0.933.